The molecular weight excluding hydrogens is 565 g/mol. The zero-order chi connectivity index (χ0) is 25.6. The number of halogens is 3. The quantitative estimate of drug-likeness (QED) is 0.427. The van der Waals surface area contributed by atoms with Gasteiger partial charge in [0.1, 0.15) is 12.6 Å². The fraction of sp³-hybridized carbons (Fsp3) is 0.391. The highest BCUT2D eigenvalue weighted by Gasteiger charge is 2.31. The van der Waals surface area contributed by atoms with Crippen molar-refractivity contribution >= 4 is 66.7 Å². The smallest absolute Gasteiger partial charge is 0.244 e. The first-order chi connectivity index (χ1) is 15.8. The number of carbonyl (C=O) groups excluding carboxylic acids is 2. The molecule has 0 saturated carbocycles. The van der Waals surface area contributed by atoms with E-state index in [-0.39, 0.29) is 34.2 Å². The average Bonchev–Trinajstić information content (AvgIpc) is 2.77. The summed E-state index contributed by atoms with van der Waals surface area (Å²) in [6, 6.07) is 10.9. The summed E-state index contributed by atoms with van der Waals surface area (Å²) in [5, 5.41) is 3.06. The van der Waals surface area contributed by atoms with Crippen molar-refractivity contribution in [3.63, 3.8) is 0 Å². The SMILES string of the molecule is CC[C@@H](C)NC(=O)[C@H](C)N(Cc1ccc(Br)cc1)C(=O)CN(c1cccc(Cl)c1Cl)S(C)(=O)=O. The second kappa shape index (κ2) is 12.2. The van der Waals surface area contributed by atoms with Crippen LogP contribution in [-0.4, -0.2) is 50.0 Å². The van der Waals surface area contributed by atoms with Crippen molar-refractivity contribution in [2.45, 2.75) is 45.8 Å². The summed E-state index contributed by atoms with van der Waals surface area (Å²) >= 11 is 15.7. The van der Waals surface area contributed by atoms with Gasteiger partial charge in [0.2, 0.25) is 21.8 Å². The summed E-state index contributed by atoms with van der Waals surface area (Å²) in [7, 11) is -3.90. The molecule has 34 heavy (non-hydrogen) atoms. The first kappa shape index (κ1) is 28.4. The van der Waals surface area contributed by atoms with E-state index in [1.165, 1.54) is 17.0 Å². The molecule has 0 bridgehead atoms. The Labute approximate surface area is 219 Å². The molecule has 1 N–H and O–H groups in total. The standard InChI is InChI=1S/C23H28BrCl2N3O4S/c1-5-15(2)27-23(31)16(3)28(13-17-9-11-18(24)12-10-17)21(30)14-29(34(4,32)33)20-8-6-7-19(25)22(20)26/h6-12,15-16H,5,13-14H2,1-4H3,(H,27,31)/t15-,16+/m1/s1. The van der Waals surface area contributed by atoms with E-state index in [0.29, 0.717) is 0 Å². The lowest BCUT2D eigenvalue weighted by Gasteiger charge is -2.32. The van der Waals surface area contributed by atoms with Crippen LogP contribution in [0.3, 0.4) is 0 Å². The highest BCUT2D eigenvalue weighted by Crippen LogP contribution is 2.33. The molecule has 0 saturated heterocycles. The summed E-state index contributed by atoms with van der Waals surface area (Å²) in [5.41, 5.74) is 0.872. The van der Waals surface area contributed by atoms with Crippen LogP contribution in [0.1, 0.15) is 32.8 Å². The number of benzene rings is 2. The Morgan fingerprint density at radius 3 is 2.26 bits per heavy atom. The van der Waals surface area contributed by atoms with E-state index in [1.54, 1.807) is 13.0 Å². The molecule has 0 fully saturated rings. The van der Waals surface area contributed by atoms with Gasteiger partial charge in [-0.15, -0.1) is 0 Å². The second-order valence-electron chi connectivity index (χ2n) is 7.98. The van der Waals surface area contributed by atoms with Gasteiger partial charge < -0.3 is 10.2 Å². The van der Waals surface area contributed by atoms with Crippen molar-refractivity contribution in [2.75, 3.05) is 17.1 Å². The lowest BCUT2D eigenvalue weighted by molar-refractivity contribution is -0.139. The number of hydrogen-bond donors (Lipinski definition) is 1. The lowest BCUT2D eigenvalue weighted by atomic mass is 10.1. The Kier molecular flexibility index (Phi) is 10.2. The first-order valence-corrected chi connectivity index (χ1v) is 14.0. The molecule has 0 radical (unpaired) electrons. The second-order valence-corrected chi connectivity index (χ2v) is 11.6. The van der Waals surface area contributed by atoms with Crippen LogP contribution in [0.25, 0.3) is 0 Å². The van der Waals surface area contributed by atoms with Crippen LogP contribution in [-0.2, 0) is 26.2 Å². The van der Waals surface area contributed by atoms with Crippen molar-refractivity contribution in [2.24, 2.45) is 0 Å². The zero-order valence-electron chi connectivity index (χ0n) is 19.4. The average molecular weight is 593 g/mol. The van der Waals surface area contributed by atoms with Crippen LogP contribution in [0.4, 0.5) is 5.69 Å². The van der Waals surface area contributed by atoms with Crippen molar-refractivity contribution in [3.8, 4) is 0 Å². The van der Waals surface area contributed by atoms with Gasteiger partial charge in [-0.1, -0.05) is 64.3 Å². The normalized spacial score (nSPS) is 13.1. The molecule has 0 aliphatic heterocycles. The third kappa shape index (κ3) is 7.60. The minimum atomic E-state index is -3.90. The molecule has 0 aliphatic rings. The Balaban J connectivity index is 2.42. The summed E-state index contributed by atoms with van der Waals surface area (Å²) in [4.78, 5) is 27.7. The molecule has 0 heterocycles. The molecule has 7 nitrogen and oxygen atoms in total. The predicted octanol–water partition coefficient (Wildman–Crippen LogP) is 4.85. The fourth-order valence-electron chi connectivity index (χ4n) is 3.11. The molecular formula is C23H28BrCl2N3O4S. The Bertz CT molecular complexity index is 1130. The molecule has 0 unspecified atom stereocenters. The van der Waals surface area contributed by atoms with Gasteiger partial charge in [0, 0.05) is 17.1 Å². The fourth-order valence-corrected chi connectivity index (χ4v) is 4.68. The first-order valence-electron chi connectivity index (χ1n) is 10.6. The van der Waals surface area contributed by atoms with E-state index in [4.69, 9.17) is 23.2 Å². The van der Waals surface area contributed by atoms with E-state index in [9.17, 15) is 18.0 Å². The van der Waals surface area contributed by atoms with Crippen LogP contribution < -0.4 is 9.62 Å². The van der Waals surface area contributed by atoms with Gasteiger partial charge in [-0.25, -0.2) is 8.42 Å². The molecule has 2 rings (SSSR count). The third-order valence-electron chi connectivity index (χ3n) is 5.31. The van der Waals surface area contributed by atoms with Crippen LogP contribution in [0.5, 0.6) is 0 Å². The monoisotopic (exact) mass is 591 g/mol. The maximum absolute atomic E-state index is 13.5. The Morgan fingerprint density at radius 2 is 1.71 bits per heavy atom. The van der Waals surface area contributed by atoms with E-state index in [0.717, 1.165) is 27.0 Å². The van der Waals surface area contributed by atoms with E-state index in [2.05, 4.69) is 21.2 Å². The van der Waals surface area contributed by atoms with Gasteiger partial charge in [0.05, 0.1) is 22.0 Å². The number of hydrogen-bond acceptors (Lipinski definition) is 4. The van der Waals surface area contributed by atoms with E-state index >= 15 is 0 Å². The highest BCUT2D eigenvalue weighted by molar-refractivity contribution is 9.10. The van der Waals surface area contributed by atoms with E-state index in [1.807, 2.05) is 38.1 Å². The molecule has 2 aromatic rings. The Morgan fingerprint density at radius 1 is 1.09 bits per heavy atom. The summed E-state index contributed by atoms with van der Waals surface area (Å²) in [5.74, 6) is -0.886. The van der Waals surface area contributed by atoms with Gasteiger partial charge in [-0.3, -0.25) is 13.9 Å². The topological polar surface area (TPSA) is 86.8 Å². The summed E-state index contributed by atoms with van der Waals surface area (Å²) < 4.78 is 27.0. The lowest BCUT2D eigenvalue weighted by Crippen LogP contribution is -2.52. The van der Waals surface area contributed by atoms with Crippen LogP contribution in [0.2, 0.25) is 10.0 Å². The highest BCUT2D eigenvalue weighted by atomic mass is 79.9. The largest absolute Gasteiger partial charge is 0.352 e. The number of anilines is 1. The number of sulfonamides is 1. The minimum Gasteiger partial charge on any atom is -0.352 e. The molecule has 11 heteroatoms. The van der Waals surface area contributed by atoms with Gasteiger partial charge >= 0.3 is 0 Å². The molecule has 2 aromatic carbocycles. The van der Waals surface area contributed by atoms with E-state index < -0.39 is 28.5 Å². The maximum atomic E-state index is 13.5. The Hall–Kier alpha value is -1.81. The van der Waals surface area contributed by atoms with Gasteiger partial charge in [0.25, 0.3) is 0 Å². The number of rotatable bonds is 10. The molecule has 2 atom stereocenters. The summed E-state index contributed by atoms with van der Waals surface area (Å²) in [6.45, 7) is 5.00. The zero-order valence-corrected chi connectivity index (χ0v) is 23.3. The number of carbonyl (C=O) groups is 2. The van der Waals surface area contributed by atoms with Crippen molar-refractivity contribution in [3.05, 3.63) is 62.5 Å². The van der Waals surface area contributed by atoms with Gasteiger partial charge in [0.15, 0.2) is 0 Å². The summed E-state index contributed by atoms with van der Waals surface area (Å²) in [6.07, 6.45) is 1.71. The number of amides is 2. The molecule has 0 spiro atoms. The number of nitrogens with one attached hydrogen (secondary N) is 1. The third-order valence-corrected chi connectivity index (χ3v) is 7.78. The van der Waals surface area contributed by atoms with Gasteiger partial charge in [-0.05, 0) is 50.1 Å². The van der Waals surface area contributed by atoms with Crippen LogP contribution >= 0.6 is 39.1 Å². The molecule has 186 valence electrons. The maximum Gasteiger partial charge on any atom is 0.244 e. The van der Waals surface area contributed by atoms with Crippen molar-refractivity contribution in [1.82, 2.24) is 10.2 Å². The van der Waals surface area contributed by atoms with Gasteiger partial charge in [-0.2, -0.15) is 0 Å². The van der Waals surface area contributed by atoms with Crippen molar-refractivity contribution < 1.29 is 18.0 Å². The number of nitrogens with zero attached hydrogens (tertiary/aromatic N) is 2. The molecule has 0 aromatic heterocycles. The van der Waals surface area contributed by atoms with Crippen LogP contribution in [0.15, 0.2) is 46.9 Å². The molecule has 2 amide bonds. The van der Waals surface area contributed by atoms with Crippen LogP contribution in [0, 0.1) is 0 Å². The minimum absolute atomic E-state index is 0.0180. The predicted molar refractivity (Wildman–Crippen MR) is 141 cm³/mol. The molecule has 0 aliphatic carbocycles. The van der Waals surface area contributed by atoms with Crippen molar-refractivity contribution in [1.29, 1.82) is 0 Å².